The fourth-order valence-corrected chi connectivity index (χ4v) is 5.21. The maximum absolute atomic E-state index is 12.5. The number of carbonyl (C=O) groups is 2. The molecule has 2 heterocycles. The first-order valence-electron chi connectivity index (χ1n) is 8.80. The smallest absolute Gasteiger partial charge is 0.216 e. The summed E-state index contributed by atoms with van der Waals surface area (Å²) in [7, 11) is 0. The zero-order valence-corrected chi connectivity index (χ0v) is 20.9. The van der Waals surface area contributed by atoms with E-state index in [0.717, 1.165) is 30.2 Å². The lowest BCUT2D eigenvalue weighted by Crippen LogP contribution is -2.21. The van der Waals surface area contributed by atoms with Crippen LogP contribution in [0.15, 0.2) is 45.3 Å². The Hall–Kier alpha value is -1.24. The Bertz CT molecular complexity index is 1000. The molecule has 3 rings (SSSR count). The second-order valence-corrected chi connectivity index (χ2v) is 10.8. The van der Waals surface area contributed by atoms with Gasteiger partial charge in [0.25, 0.3) is 0 Å². The van der Waals surface area contributed by atoms with Crippen LogP contribution >= 0.6 is 61.6 Å². The quantitative estimate of drug-likeness (QED) is 0.165. The van der Waals surface area contributed by atoms with Gasteiger partial charge < -0.3 is 5.32 Å². The largest absolute Gasteiger partial charge is 0.356 e. The number of carbonyl (C=O) groups excluding carboxylic acids is 2. The average molecular weight is 605 g/mol. The maximum atomic E-state index is 12.5. The molecule has 0 radical (unpaired) electrons. The number of halogens is 2. The molecule has 3 aromatic rings. The van der Waals surface area contributed by atoms with Gasteiger partial charge in [-0.3, -0.25) is 14.2 Å². The summed E-state index contributed by atoms with van der Waals surface area (Å²) in [5.74, 6) is 1.13. The van der Waals surface area contributed by atoms with Crippen LogP contribution < -0.4 is 5.32 Å². The van der Waals surface area contributed by atoms with Crippen molar-refractivity contribution in [1.29, 1.82) is 0 Å². The Morgan fingerprint density at radius 1 is 1.21 bits per heavy atom. The number of benzene rings is 1. The van der Waals surface area contributed by atoms with Crippen LogP contribution in [0, 0.1) is 3.57 Å². The monoisotopic (exact) mass is 604 g/mol. The van der Waals surface area contributed by atoms with Crippen LogP contribution in [0.3, 0.4) is 0 Å². The van der Waals surface area contributed by atoms with Crippen molar-refractivity contribution in [3.63, 3.8) is 0 Å². The molecule has 10 heteroatoms. The maximum Gasteiger partial charge on any atom is 0.216 e. The van der Waals surface area contributed by atoms with Crippen LogP contribution in [0.4, 0.5) is 0 Å². The lowest BCUT2D eigenvalue weighted by molar-refractivity contribution is -0.118. The van der Waals surface area contributed by atoms with Crippen molar-refractivity contribution in [3.8, 4) is 5.69 Å². The van der Waals surface area contributed by atoms with Crippen molar-refractivity contribution in [2.45, 2.75) is 24.9 Å². The van der Waals surface area contributed by atoms with E-state index in [1.54, 1.807) is 0 Å². The third kappa shape index (κ3) is 6.37. The molecule has 1 amide bonds. The lowest BCUT2D eigenvalue weighted by Gasteiger charge is -2.10. The second kappa shape index (κ2) is 10.7. The van der Waals surface area contributed by atoms with Crippen molar-refractivity contribution in [3.05, 3.63) is 54.5 Å². The molecule has 0 aliphatic carbocycles. The first-order valence-corrected chi connectivity index (χ1v) is 12.5. The highest BCUT2D eigenvalue weighted by molar-refractivity contribution is 14.1. The van der Waals surface area contributed by atoms with E-state index in [9.17, 15) is 9.59 Å². The average Bonchev–Trinajstić information content (AvgIpc) is 3.30. The van der Waals surface area contributed by atoms with E-state index in [0.29, 0.717) is 23.9 Å². The van der Waals surface area contributed by atoms with E-state index in [1.807, 2.05) is 41.0 Å². The number of thioether (sulfide) groups is 1. The Labute approximate surface area is 199 Å². The molecule has 0 spiro atoms. The zero-order valence-electron chi connectivity index (χ0n) is 15.5. The number of aryl methyl sites for hydroxylation is 1. The molecule has 0 saturated heterocycles. The van der Waals surface area contributed by atoms with E-state index >= 15 is 0 Å². The predicted octanol–water partition coefficient (Wildman–Crippen LogP) is 4.74. The summed E-state index contributed by atoms with van der Waals surface area (Å²) in [6.45, 7) is 2.09. The molecule has 2 aromatic heterocycles. The summed E-state index contributed by atoms with van der Waals surface area (Å²) in [5.41, 5.74) is 0.957. The summed E-state index contributed by atoms with van der Waals surface area (Å²) < 4.78 is 4.07. The predicted molar refractivity (Wildman–Crippen MR) is 128 cm³/mol. The summed E-state index contributed by atoms with van der Waals surface area (Å²) in [5, 5.41) is 12.2. The third-order valence-electron chi connectivity index (χ3n) is 3.92. The van der Waals surface area contributed by atoms with Crippen LogP contribution in [0.2, 0.25) is 0 Å². The fraction of sp³-hybridized carbons (Fsp3) is 0.263. The van der Waals surface area contributed by atoms with Crippen molar-refractivity contribution in [2.24, 2.45) is 0 Å². The number of ketones is 1. The molecule has 0 saturated carbocycles. The molecule has 1 aromatic carbocycles. The minimum atomic E-state index is -0.0425. The van der Waals surface area contributed by atoms with Crippen LogP contribution in [0.1, 0.15) is 28.8 Å². The van der Waals surface area contributed by atoms with Gasteiger partial charge in [-0.05, 0) is 81.3 Å². The topological polar surface area (TPSA) is 76.9 Å². The lowest BCUT2D eigenvalue weighted by atomic mass is 10.2. The minimum Gasteiger partial charge on any atom is -0.356 e. The van der Waals surface area contributed by atoms with Gasteiger partial charge in [-0.1, -0.05) is 11.8 Å². The summed E-state index contributed by atoms with van der Waals surface area (Å²) in [6.07, 6.45) is 1.43. The second-order valence-electron chi connectivity index (χ2n) is 6.11. The van der Waals surface area contributed by atoms with Crippen molar-refractivity contribution in [2.75, 3.05) is 12.3 Å². The minimum absolute atomic E-state index is 0.0425. The van der Waals surface area contributed by atoms with E-state index < -0.39 is 0 Å². The molecular formula is C19H18BrIN4O2S2. The molecule has 0 atom stereocenters. The molecule has 6 nitrogen and oxygen atoms in total. The van der Waals surface area contributed by atoms with Gasteiger partial charge in [0.15, 0.2) is 10.9 Å². The zero-order chi connectivity index (χ0) is 20.8. The van der Waals surface area contributed by atoms with E-state index in [-0.39, 0.29) is 11.7 Å². The highest BCUT2D eigenvalue weighted by Gasteiger charge is 2.17. The van der Waals surface area contributed by atoms with Crippen LogP contribution in [-0.2, 0) is 11.2 Å². The van der Waals surface area contributed by atoms with Crippen LogP contribution in [0.25, 0.3) is 5.69 Å². The first kappa shape index (κ1) is 22.4. The van der Waals surface area contributed by atoms with Gasteiger partial charge in [-0.2, -0.15) is 0 Å². The summed E-state index contributed by atoms with van der Waals surface area (Å²) in [4.78, 5) is 24.3. The van der Waals surface area contributed by atoms with E-state index in [1.165, 1.54) is 30.0 Å². The normalized spacial score (nSPS) is 10.9. The number of rotatable bonds is 9. The Morgan fingerprint density at radius 3 is 2.62 bits per heavy atom. The van der Waals surface area contributed by atoms with Crippen molar-refractivity contribution >= 4 is 73.3 Å². The van der Waals surface area contributed by atoms with Gasteiger partial charge in [-0.15, -0.1) is 21.5 Å². The van der Waals surface area contributed by atoms with Gasteiger partial charge in [0.1, 0.15) is 5.82 Å². The highest BCUT2D eigenvalue weighted by atomic mass is 127. The number of nitrogens with zero attached hydrogens (tertiary/aromatic N) is 3. The number of nitrogens with one attached hydrogen (secondary N) is 1. The number of thiophene rings is 1. The Balaban J connectivity index is 1.77. The summed E-state index contributed by atoms with van der Waals surface area (Å²) in [6, 6.07) is 11.8. The molecule has 0 unspecified atom stereocenters. The third-order valence-corrected chi connectivity index (χ3v) is 7.23. The van der Waals surface area contributed by atoms with Gasteiger partial charge >= 0.3 is 0 Å². The van der Waals surface area contributed by atoms with Crippen LogP contribution in [-0.4, -0.2) is 38.8 Å². The molecule has 0 aliphatic rings. The SMILES string of the molecule is CC(=O)NCCCc1nnc(SCC(=O)c2ccc(Br)s2)n1-c1ccc(I)cc1. The van der Waals surface area contributed by atoms with E-state index in [4.69, 9.17) is 0 Å². The first-order chi connectivity index (χ1) is 13.9. The molecule has 0 fully saturated rings. The number of Topliss-reactive ketones (excluding diaryl/α,β-unsaturated/α-hetero) is 1. The molecular weight excluding hydrogens is 587 g/mol. The summed E-state index contributed by atoms with van der Waals surface area (Å²) >= 11 is 8.47. The molecule has 0 bridgehead atoms. The van der Waals surface area contributed by atoms with Gasteiger partial charge in [0.05, 0.1) is 14.4 Å². The highest BCUT2D eigenvalue weighted by Crippen LogP contribution is 2.27. The van der Waals surface area contributed by atoms with Gasteiger partial charge in [0.2, 0.25) is 5.91 Å². The van der Waals surface area contributed by atoms with Crippen LogP contribution in [0.5, 0.6) is 0 Å². The number of hydrogen-bond donors (Lipinski definition) is 1. The van der Waals surface area contributed by atoms with Crippen molar-refractivity contribution in [1.82, 2.24) is 20.1 Å². The number of hydrogen-bond acceptors (Lipinski definition) is 6. The van der Waals surface area contributed by atoms with Gasteiger partial charge in [0, 0.05) is 29.1 Å². The number of aromatic nitrogens is 3. The number of amides is 1. The van der Waals surface area contributed by atoms with E-state index in [2.05, 4.69) is 54.0 Å². The fourth-order valence-electron chi connectivity index (χ4n) is 2.58. The molecule has 0 aliphatic heterocycles. The molecule has 152 valence electrons. The molecule has 29 heavy (non-hydrogen) atoms. The van der Waals surface area contributed by atoms with Gasteiger partial charge in [-0.25, -0.2) is 0 Å². The Kier molecular flexibility index (Phi) is 8.27. The molecule has 1 N–H and O–H groups in total. The Morgan fingerprint density at radius 2 is 1.97 bits per heavy atom. The standard InChI is InChI=1S/C19H18BrIN4O2S2/c1-12(26)22-10-2-3-18-23-24-19(25(18)14-6-4-13(21)5-7-14)28-11-15(27)16-8-9-17(20)29-16/h4-9H,2-3,10-11H2,1H3,(H,22,26). The van der Waals surface area contributed by atoms with Crippen molar-refractivity contribution < 1.29 is 9.59 Å².